The minimum Gasteiger partial charge on any atom is -0.394 e. The van der Waals surface area contributed by atoms with Gasteiger partial charge in [-0.2, -0.15) is 4.98 Å². The molecule has 1 aromatic heterocycles. The Bertz CT molecular complexity index is 662. The van der Waals surface area contributed by atoms with Gasteiger partial charge in [-0.25, -0.2) is 9.18 Å². The van der Waals surface area contributed by atoms with Crippen molar-refractivity contribution < 1.29 is 23.9 Å². The van der Waals surface area contributed by atoms with E-state index in [1.807, 2.05) is 0 Å². The third-order valence-electron chi connectivity index (χ3n) is 3.04. The van der Waals surface area contributed by atoms with E-state index < -0.39 is 30.6 Å². The van der Waals surface area contributed by atoms with Gasteiger partial charge in [-0.15, -0.1) is 0 Å². The quantitative estimate of drug-likeness (QED) is 0.611. The summed E-state index contributed by atoms with van der Waals surface area (Å²) in [6.07, 6.45) is -0.893. The Hall–Kier alpha value is -2.52. The number of carbonyl (C=O) groups excluding carboxylic acids is 1. The lowest BCUT2D eigenvalue weighted by molar-refractivity contribution is 0.107. The summed E-state index contributed by atoms with van der Waals surface area (Å²) in [6.45, 7) is 1.03. The maximum atomic E-state index is 13.1. The maximum Gasteiger partial charge on any atom is 0.315 e. The van der Waals surface area contributed by atoms with Gasteiger partial charge in [0.05, 0.1) is 25.3 Å². The summed E-state index contributed by atoms with van der Waals surface area (Å²) in [5, 5.41) is 26.9. The van der Waals surface area contributed by atoms with E-state index >= 15 is 0 Å². The van der Waals surface area contributed by atoms with E-state index in [2.05, 4.69) is 20.8 Å². The summed E-state index contributed by atoms with van der Waals surface area (Å²) >= 11 is 0. The van der Waals surface area contributed by atoms with Crippen molar-refractivity contribution in [3.05, 3.63) is 35.9 Å². The van der Waals surface area contributed by atoms with Crippen molar-refractivity contribution in [2.75, 3.05) is 6.61 Å². The van der Waals surface area contributed by atoms with Gasteiger partial charge < -0.3 is 25.4 Å². The largest absolute Gasteiger partial charge is 0.394 e. The molecule has 4 N–H and O–H groups in total. The van der Waals surface area contributed by atoms with Gasteiger partial charge in [-0.3, -0.25) is 0 Å². The van der Waals surface area contributed by atoms with Crippen molar-refractivity contribution in [1.29, 1.82) is 0 Å². The Kier molecular flexibility index (Phi) is 5.61. The number of aliphatic hydroxyl groups is 2. The normalized spacial score (nSPS) is 13.4. The van der Waals surface area contributed by atoms with E-state index in [0.717, 1.165) is 0 Å². The molecule has 0 saturated carbocycles. The van der Waals surface area contributed by atoms with Crippen LogP contribution >= 0.6 is 0 Å². The first-order valence-electron chi connectivity index (χ1n) is 6.91. The number of hydrogen-bond acceptors (Lipinski definition) is 6. The van der Waals surface area contributed by atoms with Crippen molar-refractivity contribution in [2.45, 2.75) is 25.6 Å². The summed E-state index contributed by atoms with van der Waals surface area (Å²) < 4.78 is 18.1. The molecule has 1 heterocycles. The van der Waals surface area contributed by atoms with E-state index in [0.29, 0.717) is 5.56 Å². The van der Waals surface area contributed by atoms with Crippen molar-refractivity contribution in [1.82, 2.24) is 20.8 Å². The molecule has 8 nitrogen and oxygen atoms in total. The number of halogens is 1. The highest BCUT2D eigenvalue weighted by atomic mass is 19.1. The van der Waals surface area contributed by atoms with E-state index in [4.69, 9.17) is 9.63 Å². The van der Waals surface area contributed by atoms with Gasteiger partial charge in [0, 0.05) is 5.56 Å². The molecule has 2 rings (SSSR count). The molecule has 0 bridgehead atoms. The number of aliphatic hydroxyl groups excluding tert-OH is 2. The molecular formula is C14H17FN4O4. The summed E-state index contributed by atoms with van der Waals surface area (Å²) in [4.78, 5) is 15.7. The maximum absolute atomic E-state index is 13.1. The average Bonchev–Trinajstić information content (AvgIpc) is 2.99. The van der Waals surface area contributed by atoms with Crippen molar-refractivity contribution >= 4 is 6.03 Å². The fourth-order valence-corrected chi connectivity index (χ4v) is 1.76. The van der Waals surface area contributed by atoms with E-state index in [1.54, 1.807) is 6.07 Å². The number of rotatable bonds is 6. The molecule has 23 heavy (non-hydrogen) atoms. The van der Waals surface area contributed by atoms with Gasteiger partial charge in [0.1, 0.15) is 5.82 Å². The Morgan fingerprint density at radius 2 is 2.26 bits per heavy atom. The van der Waals surface area contributed by atoms with Crippen LogP contribution in [0.25, 0.3) is 11.5 Å². The van der Waals surface area contributed by atoms with Crippen LogP contribution in [0.2, 0.25) is 0 Å². The molecule has 1 aromatic carbocycles. The minimum absolute atomic E-state index is 0.0252. The van der Waals surface area contributed by atoms with Crippen molar-refractivity contribution in [3.63, 3.8) is 0 Å². The molecule has 0 aliphatic rings. The molecule has 0 spiro atoms. The van der Waals surface area contributed by atoms with Crippen LogP contribution in [0.15, 0.2) is 28.8 Å². The fraction of sp³-hybridized carbons (Fsp3) is 0.357. The first kappa shape index (κ1) is 16.8. The second-order valence-corrected chi connectivity index (χ2v) is 4.88. The lowest BCUT2D eigenvalue weighted by Crippen LogP contribution is -2.48. The lowest BCUT2D eigenvalue weighted by Gasteiger charge is -2.18. The monoisotopic (exact) mass is 324 g/mol. The third-order valence-corrected chi connectivity index (χ3v) is 3.04. The van der Waals surface area contributed by atoms with E-state index in [-0.39, 0.29) is 18.3 Å². The van der Waals surface area contributed by atoms with Crippen LogP contribution in [-0.4, -0.2) is 45.1 Å². The van der Waals surface area contributed by atoms with E-state index in [1.165, 1.54) is 25.1 Å². The summed E-state index contributed by atoms with van der Waals surface area (Å²) in [7, 11) is 0. The molecule has 2 amide bonds. The zero-order chi connectivity index (χ0) is 16.8. The molecule has 124 valence electrons. The standard InChI is InChI=1S/C14H17FN4O4/c1-8(21)11(7-20)17-14(22)16-6-12-18-13(23-19-12)9-3-2-4-10(15)5-9/h2-5,8,11,20-21H,6-7H2,1H3,(H2,16,17,22)/t8-,11-/m1/s1. The minimum atomic E-state index is -0.893. The summed E-state index contributed by atoms with van der Waals surface area (Å²) in [5.41, 5.74) is 0.433. The highest BCUT2D eigenvalue weighted by molar-refractivity contribution is 5.74. The fourth-order valence-electron chi connectivity index (χ4n) is 1.76. The van der Waals surface area contributed by atoms with Crippen molar-refractivity contribution in [3.8, 4) is 11.5 Å². The topological polar surface area (TPSA) is 121 Å². The predicted octanol–water partition coefficient (Wildman–Crippen LogP) is 0.417. The second kappa shape index (κ2) is 7.65. The average molecular weight is 324 g/mol. The number of nitrogens with zero attached hydrogens (tertiary/aromatic N) is 2. The SMILES string of the molecule is C[C@@H](O)[C@@H](CO)NC(=O)NCc1noc(-c2cccc(F)c2)n1. The Balaban J connectivity index is 1.91. The number of amides is 2. The summed E-state index contributed by atoms with van der Waals surface area (Å²) in [5.74, 6) is -0.0798. The molecule has 0 aliphatic heterocycles. The highest BCUT2D eigenvalue weighted by Crippen LogP contribution is 2.17. The van der Waals surface area contributed by atoms with Gasteiger partial charge in [-0.05, 0) is 25.1 Å². The van der Waals surface area contributed by atoms with Crippen LogP contribution in [-0.2, 0) is 6.54 Å². The number of aromatic nitrogens is 2. The molecule has 0 radical (unpaired) electrons. The molecular weight excluding hydrogens is 307 g/mol. The lowest BCUT2D eigenvalue weighted by atomic mass is 10.2. The highest BCUT2D eigenvalue weighted by Gasteiger charge is 2.17. The van der Waals surface area contributed by atoms with Crippen LogP contribution in [0.5, 0.6) is 0 Å². The molecule has 0 aliphatic carbocycles. The van der Waals surface area contributed by atoms with Crippen LogP contribution < -0.4 is 10.6 Å². The second-order valence-electron chi connectivity index (χ2n) is 4.88. The van der Waals surface area contributed by atoms with Crippen LogP contribution in [0.4, 0.5) is 9.18 Å². The van der Waals surface area contributed by atoms with Gasteiger partial charge >= 0.3 is 6.03 Å². The molecule has 2 atom stereocenters. The van der Waals surface area contributed by atoms with Gasteiger partial charge in [0.15, 0.2) is 5.82 Å². The first-order valence-corrected chi connectivity index (χ1v) is 6.91. The zero-order valence-corrected chi connectivity index (χ0v) is 12.4. The molecule has 2 aromatic rings. The number of carbonyl (C=O) groups is 1. The molecule has 0 unspecified atom stereocenters. The summed E-state index contributed by atoms with van der Waals surface area (Å²) in [6, 6.07) is 4.32. The van der Waals surface area contributed by atoms with Gasteiger partial charge in [0.25, 0.3) is 5.89 Å². The Morgan fingerprint density at radius 1 is 1.48 bits per heavy atom. The number of urea groups is 1. The number of benzene rings is 1. The van der Waals surface area contributed by atoms with E-state index in [9.17, 15) is 14.3 Å². The first-order chi connectivity index (χ1) is 11.0. The zero-order valence-electron chi connectivity index (χ0n) is 12.4. The van der Waals surface area contributed by atoms with Crippen LogP contribution in [0, 0.1) is 5.82 Å². The van der Waals surface area contributed by atoms with Crippen molar-refractivity contribution in [2.24, 2.45) is 0 Å². The Morgan fingerprint density at radius 3 is 2.91 bits per heavy atom. The number of hydrogen-bond donors (Lipinski definition) is 4. The van der Waals surface area contributed by atoms with Crippen LogP contribution in [0.1, 0.15) is 12.7 Å². The Labute approximate surface area is 131 Å². The third kappa shape index (κ3) is 4.73. The van der Waals surface area contributed by atoms with Gasteiger partial charge in [-0.1, -0.05) is 11.2 Å². The smallest absolute Gasteiger partial charge is 0.315 e. The van der Waals surface area contributed by atoms with Gasteiger partial charge in [0.2, 0.25) is 0 Å². The molecule has 0 fully saturated rings. The number of nitrogens with one attached hydrogen (secondary N) is 2. The molecule has 9 heteroatoms. The van der Waals surface area contributed by atoms with Crippen LogP contribution in [0.3, 0.4) is 0 Å². The predicted molar refractivity (Wildman–Crippen MR) is 77.6 cm³/mol. The molecule has 0 saturated heterocycles.